The smallest absolute Gasteiger partial charge is 0.419 e. The largest absolute Gasteiger partial charge is 0.491 e. The molecule has 0 fully saturated rings. The Balaban J connectivity index is 2.34. The first-order valence-corrected chi connectivity index (χ1v) is 8.94. The second-order valence-corrected chi connectivity index (χ2v) is 7.55. The summed E-state index contributed by atoms with van der Waals surface area (Å²) in [6.07, 6.45) is -3.79. The predicted molar refractivity (Wildman–Crippen MR) is 102 cm³/mol. The highest BCUT2D eigenvalue weighted by Crippen LogP contribution is 2.39. The number of halogens is 3. The van der Waals surface area contributed by atoms with E-state index in [-0.39, 0.29) is 29.7 Å². The Hall–Kier alpha value is -2.81. The van der Waals surface area contributed by atoms with Gasteiger partial charge in [0.1, 0.15) is 12.4 Å². The Morgan fingerprint density at radius 3 is 2.41 bits per heavy atom. The van der Waals surface area contributed by atoms with Crippen LogP contribution in [0.3, 0.4) is 0 Å². The van der Waals surface area contributed by atoms with Crippen molar-refractivity contribution in [1.29, 1.82) is 0 Å². The number of alkyl halides is 3. The zero-order valence-electron chi connectivity index (χ0n) is 16.4. The molecular weight excluding hydrogens is 387 g/mol. The summed E-state index contributed by atoms with van der Waals surface area (Å²) in [5.74, 6) is -0.137. The number of nitrogens with zero attached hydrogens (tertiary/aromatic N) is 1. The minimum atomic E-state index is -4.63. The summed E-state index contributed by atoms with van der Waals surface area (Å²) in [5.41, 5.74) is 10.0. The number of primary amides is 1. The van der Waals surface area contributed by atoms with Crippen molar-refractivity contribution in [2.45, 2.75) is 38.9 Å². The molecule has 158 valence electrons. The second-order valence-electron chi connectivity index (χ2n) is 7.55. The van der Waals surface area contributed by atoms with E-state index in [4.69, 9.17) is 16.2 Å². The normalized spacial score (nSPS) is 13.8. The van der Waals surface area contributed by atoms with E-state index in [1.807, 2.05) is 13.8 Å². The van der Waals surface area contributed by atoms with Gasteiger partial charge in [0, 0.05) is 17.8 Å². The van der Waals surface area contributed by atoms with Gasteiger partial charge in [-0.1, -0.05) is 19.9 Å². The van der Waals surface area contributed by atoms with Crippen LogP contribution in [0.4, 0.5) is 18.0 Å². The van der Waals surface area contributed by atoms with Crippen LogP contribution >= 0.6 is 0 Å². The monoisotopic (exact) mass is 411 g/mol. The molecular formula is C20H24F3N3O3. The molecule has 0 aliphatic carbocycles. The Morgan fingerprint density at radius 2 is 1.83 bits per heavy atom. The van der Waals surface area contributed by atoms with E-state index in [1.54, 1.807) is 6.92 Å². The molecule has 1 amide bonds. The highest BCUT2D eigenvalue weighted by molar-refractivity contribution is 5.70. The number of hydrogen-bond acceptors (Lipinski definition) is 5. The third kappa shape index (κ3) is 6.63. The Labute approximate surface area is 167 Å². The van der Waals surface area contributed by atoms with Gasteiger partial charge in [-0.15, -0.1) is 0 Å². The van der Waals surface area contributed by atoms with Crippen molar-refractivity contribution < 1.29 is 27.4 Å². The Bertz CT molecular complexity index is 868. The predicted octanol–water partition coefficient (Wildman–Crippen LogP) is 4.37. The van der Waals surface area contributed by atoms with Gasteiger partial charge in [-0.25, -0.2) is 9.78 Å². The number of hydrogen-bond donors (Lipinski definition) is 2. The molecule has 0 spiro atoms. The number of ether oxygens (including phenoxy) is 2. The number of carbonyl (C=O) groups is 1. The average Bonchev–Trinajstić information content (AvgIpc) is 2.57. The highest BCUT2D eigenvalue weighted by Gasteiger charge is 2.35. The van der Waals surface area contributed by atoms with Crippen molar-refractivity contribution >= 4 is 6.09 Å². The number of rotatable bonds is 7. The lowest BCUT2D eigenvalue weighted by Crippen LogP contribution is -2.43. The summed E-state index contributed by atoms with van der Waals surface area (Å²) < 4.78 is 51.0. The van der Waals surface area contributed by atoms with Crippen LogP contribution in [0.15, 0.2) is 36.5 Å². The van der Waals surface area contributed by atoms with E-state index >= 15 is 0 Å². The molecule has 0 radical (unpaired) electrons. The van der Waals surface area contributed by atoms with Crippen LogP contribution in [0.2, 0.25) is 0 Å². The Kier molecular flexibility index (Phi) is 6.73. The lowest BCUT2D eigenvalue weighted by atomic mass is 9.93. The Morgan fingerprint density at radius 1 is 1.17 bits per heavy atom. The average molecular weight is 411 g/mol. The molecule has 29 heavy (non-hydrogen) atoms. The molecule has 6 nitrogen and oxygen atoms in total. The van der Waals surface area contributed by atoms with E-state index in [0.717, 1.165) is 6.07 Å². The van der Waals surface area contributed by atoms with Gasteiger partial charge in [0.2, 0.25) is 5.88 Å². The van der Waals surface area contributed by atoms with Crippen molar-refractivity contribution in [1.82, 2.24) is 4.98 Å². The van der Waals surface area contributed by atoms with Crippen LogP contribution in [-0.4, -0.2) is 23.2 Å². The maximum Gasteiger partial charge on any atom is 0.419 e. The summed E-state index contributed by atoms with van der Waals surface area (Å²) in [6, 6.07) is 6.50. The maximum atomic E-state index is 13.6. The van der Waals surface area contributed by atoms with Crippen LogP contribution < -0.4 is 20.9 Å². The second kappa shape index (κ2) is 8.69. The van der Waals surface area contributed by atoms with Crippen LogP contribution in [-0.2, 0) is 6.18 Å². The molecule has 0 aliphatic heterocycles. The highest BCUT2D eigenvalue weighted by atomic mass is 19.4. The number of carbonyl (C=O) groups excluding carboxylic acids is 1. The topological polar surface area (TPSA) is 100 Å². The molecule has 0 saturated heterocycles. The SMILES string of the molecule is CC(C)CC(C)(N)COc1ccc(-c2ccnc(OC(N)=O)c2)cc1C(F)(F)F. The molecule has 1 heterocycles. The third-order valence-corrected chi connectivity index (χ3v) is 3.99. The molecule has 0 bridgehead atoms. The summed E-state index contributed by atoms with van der Waals surface area (Å²) in [7, 11) is 0. The van der Waals surface area contributed by atoms with Gasteiger partial charge in [-0.2, -0.15) is 13.2 Å². The minimum Gasteiger partial charge on any atom is -0.491 e. The van der Waals surface area contributed by atoms with E-state index in [1.165, 1.54) is 30.5 Å². The van der Waals surface area contributed by atoms with Crippen molar-refractivity contribution in [3.8, 4) is 22.8 Å². The minimum absolute atomic E-state index is 0.0561. The zero-order chi connectivity index (χ0) is 21.8. The molecule has 9 heteroatoms. The fourth-order valence-electron chi connectivity index (χ4n) is 3.04. The molecule has 1 atom stereocenters. The quantitative estimate of drug-likeness (QED) is 0.705. The summed E-state index contributed by atoms with van der Waals surface area (Å²) in [4.78, 5) is 14.6. The molecule has 2 rings (SSSR count). The van der Waals surface area contributed by atoms with Gasteiger partial charge in [0.15, 0.2) is 0 Å². The maximum absolute atomic E-state index is 13.6. The van der Waals surface area contributed by atoms with Crippen molar-refractivity contribution in [3.63, 3.8) is 0 Å². The lowest BCUT2D eigenvalue weighted by Gasteiger charge is -2.27. The van der Waals surface area contributed by atoms with Crippen molar-refractivity contribution in [2.75, 3.05) is 6.61 Å². The molecule has 1 aromatic heterocycles. The van der Waals surface area contributed by atoms with Gasteiger partial charge >= 0.3 is 12.3 Å². The first kappa shape index (κ1) is 22.5. The number of nitrogens with two attached hydrogens (primary N) is 2. The number of pyridine rings is 1. The molecule has 4 N–H and O–H groups in total. The van der Waals surface area contributed by atoms with Crippen LogP contribution in [0.1, 0.15) is 32.8 Å². The van der Waals surface area contributed by atoms with Gasteiger partial charge in [0.05, 0.1) is 5.56 Å². The number of aromatic nitrogens is 1. The first-order valence-electron chi connectivity index (χ1n) is 8.94. The number of amides is 1. The summed E-state index contributed by atoms with van der Waals surface area (Å²) >= 11 is 0. The lowest BCUT2D eigenvalue weighted by molar-refractivity contribution is -0.139. The molecule has 1 aromatic carbocycles. The van der Waals surface area contributed by atoms with E-state index in [0.29, 0.717) is 12.0 Å². The third-order valence-electron chi connectivity index (χ3n) is 3.99. The standard InChI is InChI=1S/C20H24F3N3O3/c1-12(2)10-19(3,25)11-28-16-5-4-13(8-15(16)20(21,22)23)14-6-7-26-17(9-14)29-18(24)27/h4-9,12H,10-11,25H2,1-3H3,(H2,24,27). The molecule has 0 saturated carbocycles. The van der Waals surface area contributed by atoms with Crippen LogP contribution in [0.5, 0.6) is 11.6 Å². The fourth-order valence-corrected chi connectivity index (χ4v) is 3.04. The van der Waals surface area contributed by atoms with E-state index in [9.17, 15) is 18.0 Å². The van der Waals surface area contributed by atoms with Crippen LogP contribution in [0, 0.1) is 5.92 Å². The van der Waals surface area contributed by atoms with Crippen LogP contribution in [0.25, 0.3) is 11.1 Å². The molecule has 2 aromatic rings. The molecule has 1 unspecified atom stereocenters. The van der Waals surface area contributed by atoms with Gasteiger partial charge in [-0.05, 0) is 48.6 Å². The number of benzene rings is 1. The fraction of sp³-hybridized carbons (Fsp3) is 0.400. The van der Waals surface area contributed by atoms with Gasteiger partial charge in [-0.3, -0.25) is 0 Å². The summed E-state index contributed by atoms with van der Waals surface area (Å²) in [6.45, 7) is 5.64. The molecule has 0 aliphatic rings. The van der Waals surface area contributed by atoms with Crippen molar-refractivity contribution in [2.24, 2.45) is 17.4 Å². The van der Waals surface area contributed by atoms with E-state index < -0.39 is 23.4 Å². The van der Waals surface area contributed by atoms with E-state index in [2.05, 4.69) is 9.72 Å². The van der Waals surface area contributed by atoms with Gasteiger partial charge < -0.3 is 20.9 Å². The van der Waals surface area contributed by atoms with Crippen molar-refractivity contribution in [3.05, 3.63) is 42.1 Å². The zero-order valence-corrected chi connectivity index (χ0v) is 16.4. The first-order chi connectivity index (χ1) is 13.4. The van der Waals surface area contributed by atoms with Gasteiger partial charge in [0.25, 0.3) is 0 Å². The summed E-state index contributed by atoms with van der Waals surface area (Å²) in [5, 5.41) is 0.